The van der Waals surface area contributed by atoms with Crippen molar-refractivity contribution in [2.75, 3.05) is 0 Å². The number of carbonyl (C=O) groups excluding carboxylic acids is 1. The number of nitrogens with one attached hydrogen (secondary N) is 1. The van der Waals surface area contributed by atoms with E-state index in [0.717, 1.165) is 38.8 Å². The standard InChI is InChI=1S/C20H17N3O3S3/c1-13-7-9-15(10-8-13)29(25,26)21-23-19(24)18(28-20(23)27)11-14-12-22(2)17-6-4-3-5-16(14)17/h3-12,21H,1-2H3. The second-order valence-corrected chi connectivity index (χ2v) is 9.97. The Labute approximate surface area is 178 Å². The number of sulfonamides is 1. The maximum absolute atomic E-state index is 12.8. The zero-order chi connectivity index (χ0) is 20.8. The number of carbonyl (C=O) groups is 1. The molecule has 3 aromatic rings. The first kappa shape index (κ1) is 19.8. The van der Waals surface area contributed by atoms with Gasteiger partial charge in [0.15, 0.2) is 4.32 Å². The van der Waals surface area contributed by atoms with Gasteiger partial charge in [-0.05, 0) is 31.2 Å². The predicted octanol–water partition coefficient (Wildman–Crippen LogP) is 3.58. The average molecular weight is 444 g/mol. The van der Waals surface area contributed by atoms with Crippen molar-refractivity contribution in [2.24, 2.45) is 7.05 Å². The third-order valence-electron chi connectivity index (χ3n) is 4.55. The lowest BCUT2D eigenvalue weighted by molar-refractivity contribution is -0.123. The Morgan fingerprint density at radius 3 is 2.52 bits per heavy atom. The van der Waals surface area contributed by atoms with Crippen molar-refractivity contribution in [3.63, 3.8) is 0 Å². The van der Waals surface area contributed by atoms with Crippen LogP contribution in [0.1, 0.15) is 11.1 Å². The summed E-state index contributed by atoms with van der Waals surface area (Å²) in [5, 5.41) is 1.91. The lowest BCUT2D eigenvalue weighted by Crippen LogP contribution is -2.44. The molecular weight excluding hydrogens is 426 g/mol. The molecule has 1 aliphatic rings. The van der Waals surface area contributed by atoms with E-state index in [4.69, 9.17) is 12.2 Å². The van der Waals surface area contributed by atoms with Crippen LogP contribution in [0.5, 0.6) is 0 Å². The maximum Gasteiger partial charge on any atom is 0.281 e. The summed E-state index contributed by atoms with van der Waals surface area (Å²) in [6.07, 6.45) is 3.66. The summed E-state index contributed by atoms with van der Waals surface area (Å²) in [5.74, 6) is -0.497. The Balaban J connectivity index is 1.63. The molecule has 0 bridgehead atoms. The zero-order valence-electron chi connectivity index (χ0n) is 15.6. The molecule has 0 saturated carbocycles. The Bertz CT molecular complexity index is 1280. The number of hydrogen-bond acceptors (Lipinski definition) is 5. The number of rotatable bonds is 4. The van der Waals surface area contributed by atoms with Crippen LogP contribution in [0, 0.1) is 6.92 Å². The molecule has 6 nitrogen and oxygen atoms in total. The van der Waals surface area contributed by atoms with Crippen LogP contribution in [-0.2, 0) is 21.9 Å². The fourth-order valence-corrected chi connectivity index (χ4v) is 5.37. The van der Waals surface area contributed by atoms with Gasteiger partial charge in [-0.25, -0.2) is 13.4 Å². The Hall–Kier alpha value is -2.46. The zero-order valence-corrected chi connectivity index (χ0v) is 18.1. The molecule has 1 N–H and O–H groups in total. The minimum atomic E-state index is -3.93. The number of amides is 1. The molecule has 0 radical (unpaired) electrons. The first-order valence-corrected chi connectivity index (χ1v) is 11.4. The second kappa shape index (κ2) is 7.42. The third kappa shape index (κ3) is 3.74. The van der Waals surface area contributed by atoms with E-state index in [-0.39, 0.29) is 9.22 Å². The monoisotopic (exact) mass is 443 g/mol. The van der Waals surface area contributed by atoms with Crippen LogP contribution in [0.4, 0.5) is 0 Å². The normalized spacial score (nSPS) is 16.3. The quantitative estimate of drug-likeness (QED) is 0.493. The van der Waals surface area contributed by atoms with Crippen molar-refractivity contribution >= 4 is 61.2 Å². The van der Waals surface area contributed by atoms with Gasteiger partial charge in [0, 0.05) is 29.7 Å². The smallest absolute Gasteiger partial charge is 0.281 e. The van der Waals surface area contributed by atoms with E-state index in [1.165, 1.54) is 12.1 Å². The third-order valence-corrected chi connectivity index (χ3v) is 7.17. The van der Waals surface area contributed by atoms with Gasteiger partial charge in [0.1, 0.15) is 0 Å². The largest absolute Gasteiger partial charge is 0.350 e. The van der Waals surface area contributed by atoms with E-state index in [0.29, 0.717) is 4.91 Å². The lowest BCUT2D eigenvalue weighted by atomic mass is 10.1. The van der Waals surface area contributed by atoms with Crippen LogP contribution in [0.15, 0.2) is 64.5 Å². The molecule has 0 spiro atoms. The summed E-state index contributed by atoms with van der Waals surface area (Å²) in [4.78, 5) is 15.6. The van der Waals surface area contributed by atoms with Crippen LogP contribution in [-0.4, -0.2) is 28.2 Å². The molecule has 148 valence electrons. The number of hydrogen-bond donors (Lipinski definition) is 1. The van der Waals surface area contributed by atoms with Gasteiger partial charge in [-0.2, -0.15) is 0 Å². The molecule has 1 aliphatic heterocycles. The fraction of sp³-hybridized carbons (Fsp3) is 0.100. The van der Waals surface area contributed by atoms with Crippen molar-refractivity contribution in [3.05, 3.63) is 70.8 Å². The molecule has 2 heterocycles. The molecule has 2 aromatic carbocycles. The highest BCUT2D eigenvalue weighted by Gasteiger charge is 2.35. The highest BCUT2D eigenvalue weighted by Crippen LogP contribution is 2.33. The summed E-state index contributed by atoms with van der Waals surface area (Å²) in [6, 6.07) is 14.2. The number of thiocarbonyl (C=S) groups is 1. The summed E-state index contributed by atoms with van der Waals surface area (Å²) < 4.78 is 27.4. The highest BCUT2D eigenvalue weighted by atomic mass is 32.2. The van der Waals surface area contributed by atoms with Crippen molar-refractivity contribution in [1.82, 2.24) is 14.4 Å². The van der Waals surface area contributed by atoms with Gasteiger partial charge < -0.3 is 4.57 Å². The van der Waals surface area contributed by atoms with E-state index < -0.39 is 15.9 Å². The molecule has 9 heteroatoms. The van der Waals surface area contributed by atoms with Gasteiger partial charge in [-0.3, -0.25) is 4.79 Å². The summed E-state index contributed by atoms with van der Waals surface area (Å²) in [7, 11) is -2.00. The molecule has 0 aliphatic carbocycles. The number of thioether (sulfide) groups is 1. The number of para-hydroxylation sites is 1. The SMILES string of the molecule is Cc1ccc(S(=O)(=O)NN2C(=O)C(=Cc3cn(C)c4ccccc34)SC2=S)cc1. The van der Waals surface area contributed by atoms with Gasteiger partial charge in [0.25, 0.3) is 15.9 Å². The number of benzene rings is 2. The van der Waals surface area contributed by atoms with E-state index in [9.17, 15) is 13.2 Å². The molecule has 1 saturated heterocycles. The molecule has 0 atom stereocenters. The van der Waals surface area contributed by atoms with Gasteiger partial charge in [0.2, 0.25) is 0 Å². The Kier molecular flexibility index (Phi) is 5.07. The van der Waals surface area contributed by atoms with Crippen LogP contribution >= 0.6 is 24.0 Å². The van der Waals surface area contributed by atoms with Crippen LogP contribution < -0.4 is 4.83 Å². The van der Waals surface area contributed by atoms with E-state index in [2.05, 4.69) is 4.83 Å². The number of nitrogens with zero attached hydrogens (tertiary/aromatic N) is 2. The predicted molar refractivity (Wildman–Crippen MR) is 119 cm³/mol. The molecule has 1 amide bonds. The summed E-state index contributed by atoms with van der Waals surface area (Å²) in [5.41, 5.74) is 2.84. The van der Waals surface area contributed by atoms with Crippen molar-refractivity contribution in [2.45, 2.75) is 11.8 Å². The van der Waals surface area contributed by atoms with E-state index in [1.807, 2.05) is 49.0 Å². The van der Waals surface area contributed by atoms with Crippen molar-refractivity contribution in [3.8, 4) is 0 Å². The minimum absolute atomic E-state index is 0.0650. The highest BCUT2D eigenvalue weighted by molar-refractivity contribution is 8.26. The molecular formula is C20H17N3O3S3. The van der Waals surface area contributed by atoms with Crippen LogP contribution in [0.25, 0.3) is 17.0 Å². The lowest BCUT2D eigenvalue weighted by Gasteiger charge is -2.16. The molecule has 1 fully saturated rings. The maximum atomic E-state index is 12.8. The average Bonchev–Trinajstić information content (AvgIpc) is 3.14. The summed E-state index contributed by atoms with van der Waals surface area (Å²) in [6.45, 7) is 1.87. The van der Waals surface area contributed by atoms with Gasteiger partial charge in [0.05, 0.1) is 9.80 Å². The number of aryl methyl sites for hydroxylation is 2. The number of hydrazine groups is 1. The van der Waals surface area contributed by atoms with Crippen molar-refractivity contribution in [1.29, 1.82) is 0 Å². The molecule has 1 aromatic heterocycles. The van der Waals surface area contributed by atoms with Crippen LogP contribution in [0.2, 0.25) is 0 Å². The molecule has 29 heavy (non-hydrogen) atoms. The Morgan fingerprint density at radius 1 is 1.10 bits per heavy atom. The molecule has 0 unspecified atom stereocenters. The fourth-order valence-electron chi connectivity index (χ4n) is 3.07. The topological polar surface area (TPSA) is 71.4 Å². The first-order chi connectivity index (χ1) is 13.8. The first-order valence-electron chi connectivity index (χ1n) is 8.67. The van der Waals surface area contributed by atoms with Gasteiger partial charge >= 0.3 is 0 Å². The van der Waals surface area contributed by atoms with Crippen molar-refractivity contribution < 1.29 is 13.2 Å². The Morgan fingerprint density at radius 2 is 1.79 bits per heavy atom. The minimum Gasteiger partial charge on any atom is -0.350 e. The number of fused-ring (bicyclic) bond motifs is 1. The molecule has 4 rings (SSSR count). The summed E-state index contributed by atoms with van der Waals surface area (Å²) >= 11 is 6.31. The van der Waals surface area contributed by atoms with E-state index >= 15 is 0 Å². The van der Waals surface area contributed by atoms with Gasteiger partial charge in [-0.1, -0.05) is 59.9 Å². The van der Waals surface area contributed by atoms with E-state index in [1.54, 1.807) is 18.2 Å². The van der Waals surface area contributed by atoms with Crippen LogP contribution in [0.3, 0.4) is 0 Å². The second-order valence-electron chi connectivity index (χ2n) is 6.64. The number of aromatic nitrogens is 1. The van der Waals surface area contributed by atoms with Gasteiger partial charge in [-0.15, -0.1) is 4.83 Å².